The molecule has 2 aliphatic heterocycles. The van der Waals surface area contributed by atoms with Crippen LogP contribution in [0, 0.1) is 6.92 Å². The van der Waals surface area contributed by atoms with Crippen LogP contribution in [0.2, 0.25) is 0 Å². The van der Waals surface area contributed by atoms with Gasteiger partial charge in [-0.1, -0.05) is 6.92 Å². The maximum absolute atomic E-state index is 5.94. The van der Waals surface area contributed by atoms with Gasteiger partial charge in [-0.2, -0.15) is 0 Å². The quantitative estimate of drug-likeness (QED) is 0.905. The number of hydrogen-bond acceptors (Lipinski definition) is 4. The zero-order chi connectivity index (χ0) is 13.4. The van der Waals surface area contributed by atoms with Gasteiger partial charge in [-0.25, -0.2) is 9.97 Å². The zero-order valence-electron chi connectivity index (χ0n) is 12.1. The van der Waals surface area contributed by atoms with Crippen molar-refractivity contribution < 1.29 is 4.74 Å². The molecule has 2 saturated heterocycles. The molecule has 3 unspecified atom stereocenters. The van der Waals surface area contributed by atoms with Crippen LogP contribution in [-0.2, 0) is 11.2 Å². The standard InChI is InChI=1S/C15H23N3O/c1-4-12-9(3)14(16-5-2)18-15(17-12)11-8-10-6-7-13(11)19-10/h10-11,13H,4-8H2,1-3H3,(H,16,17,18). The zero-order valence-corrected chi connectivity index (χ0v) is 12.1. The predicted octanol–water partition coefficient (Wildman–Crippen LogP) is 2.81. The monoisotopic (exact) mass is 261 g/mol. The van der Waals surface area contributed by atoms with Gasteiger partial charge < -0.3 is 10.1 Å². The second-order valence-corrected chi connectivity index (χ2v) is 5.60. The van der Waals surface area contributed by atoms with E-state index < -0.39 is 0 Å². The first-order valence-electron chi connectivity index (χ1n) is 7.49. The number of aryl methyl sites for hydroxylation is 1. The summed E-state index contributed by atoms with van der Waals surface area (Å²) in [5.74, 6) is 2.40. The molecule has 0 aromatic carbocycles. The van der Waals surface area contributed by atoms with Gasteiger partial charge in [-0.3, -0.25) is 0 Å². The Morgan fingerprint density at radius 2 is 2.11 bits per heavy atom. The molecule has 3 atom stereocenters. The number of rotatable bonds is 4. The number of ether oxygens (including phenoxy) is 1. The lowest BCUT2D eigenvalue weighted by Crippen LogP contribution is -2.19. The van der Waals surface area contributed by atoms with Crippen LogP contribution in [0.4, 0.5) is 5.82 Å². The Bertz CT molecular complexity index is 475. The Hall–Kier alpha value is -1.16. The summed E-state index contributed by atoms with van der Waals surface area (Å²) < 4.78 is 5.94. The summed E-state index contributed by atoms with van der Waals surface area (Å²) in [5, 5.41) is 3.37. The highest BCUT2D eigenvalue weighted by molar-refractivity contribution is 5.46. The summed E-state index contributed by atoms with van der Waals surface area (Å²) >= 11 is 0. The van der Waals surface area contributed by atoms with Crippen molar-refractivity contribution in [3.05, 3.63) is 17.1 Å². The summed E-state index contributed by atoms with van der Waals surface area (Å²) in [6.45, 7) is 7.27. The first kappa shape index (κ1) is 12.9. The van der Waals surface area contributed by atoms with Gasteiger partial charge in [-0.15, -0.1) is 0 Å². The predicted molar refractivity (Wildman–Crippen MR) is 75.6 cm³/mol. The third-order valence-electron chi connectivity index (χ3n) is 4.38. The van der Waals surface area contributed by atoms with Crippen LogP contribution in [-0.4, -0.2) is 28.7 Å². The number of nitrogens with zero attached hydrogens (tertiary/aromatic N) is 2. The molecular formula is C15H23N3O. The van der Waals surface area contributed by atoms with Gasteiger partial charge in [0.25, 0.3) is 0 Å². The van der Waals surface area contributed by atoms with Gasteiger partial charge in [0.2, 0.25) is 0 Å². The molecule has 0 saturated carbocycles. The van der Waals surface area contributed by atoms with Crippen molar-refractivity contribution in [1.82, 2.24) is 9.97 Å². The van der Waals surface area contributed by atoms with Crippen molar-refractivity contribution in [2.24, 2.45) is 0 Å². The molecule has 3 rings (SSSR count). The number of hydrogen-bond donors (Lipinski definition) is 1. The Kier molecular flexibility index (Phi) is 3.44. The van der Waals surface area contributed by atoms with E-state index in [0.29, 0.717) is 18.1 Å². The van der Waals surface area contributed by atoms with Crippen LogP contribution in [0.15, 0.2) is 0 Å². The molecule has 2 aliphatic rings. The van der Waals surface area contributed by atoms with Gasteiger partial charge in [-0.05, 0) is 39.5 Å². The molecule has 0 radical (unpaired) electrons. The van der Waals surface area contributed by atoms with Crippen LogP contribution in [0.25, 0.3) is 0 Å². The minimum Gasteiger partial charge on any atom is -0.374 e. The number of fused-ring (bicyclic) bond motifs is 2. The molecule has 2 fully saturated rings. The smallest absolute Gasteiger partial charge is 0.136 e. The summed E-state index contributed by atoms with van der Waals surface area (Å²) in [6.07, 6.45) is 5.25. The largest absolute Gasteiger partial charge is 0.374 e. The van der Waals surface area contributed by atoms with E-state index in [2.05, 4.69) is 26.1 Å². The van der Waals surface area contributed by atoms with E-state index in [1.165, 1.54) is 24.1 Å². The number of aromatic nitrogens is 2. The molecule has 3 heterocycles. The Morgan fingerprint density at radius 3 is 2.68 bits per heavy atom. The average molecular weight is 261 g/mol. The molecule has 0 spiro atoms. The van der Waals surface area contributed by atoms with Crippen LogP contribution in [0.1, 0.15) is 56.1 Å². The van der Waals surface area contributed by atoms with Gasteiger partial charge in [0.15, 0.2) is 0 Å². The summed E-state index contributed by atoms with van der Waals surface area (Å²) in [5.41, 5.74) is 2.36. The summed E-state index contributed by atoms with van der Waals surface area (Å²) in [6, 6.07) is 0. The number of nitrogens with one attached hydrogen (secondary N) is 1. The average Bonchev–Trinajstić information content (AvgIpc) is 3.03. The Morgan fingerprint density at radius 1 is 1.26 bits per heavy atom. The SMILES string of the molecule is CCNc1nc(C2CC3CCC2O3)nc(CC)c1C. The molecule has 4 heteroatoms. The van der Waals surface area contributed by atoms with E-state index in [1.807, 2.05) is 0 Å². The van der Waals surface area contributed by atoms with Gasteiger partial charge in [0.05, 0.1) is 12.2 Å². The Labute approximate surface area is 115 Å². The summed E-state index contributed by atoms with van der Waals surface area (Å²) in [4.78, 5) is 9.57. The van der Waals surface area contributed by atoms with Crippen molar-refractivity contribution in [1.29, 1.82) is 0 Å². The molecule has 19 heavy (non-hydrogen) atoms. The highest BCUT2D eigenvalue weighted by Gasteiger charge is 2.43. The molecule has 0 aliphatic carbocycles. The van der Waals surface area contributed by atoms with E-state index in [4.69, 9.17) is 14.7 Å². The topological polar surface area (TPSA) is 47.0 Å². The van der Waals surface area contributed by atoms with Gasteiger partial charge in [0.1, 0.15) is 11.6 Å². The number of anilines is 1. The second-order valence-electron chi connectivity index (χ2n) is 5.60. The molecule has 1 aromatic rings. The molecule has 104 valence electrons. The van der Waals surface area contributed by atoms with Crippen LogP contribution in [0.5, 0.6) is 0 Å². The van der Waals surface area contributed by atoms with E-state index in [1.54, 1.807) is 0 Å². The minimum absolute atomic E-state index is 0.354. The van der Waals surface area contributed by atoms with Crippen molar-refractivity contribution in [3.8, 4) is 0 Å². The first-order valence-corrected chi connectivity index (χ1v) is 7.49. The maximum atomic E-state index is 5.94. The highest BCUT2D eigenvalue weighted by atomic mass is 16.5. The summed E-state index contributed by atoms with van der Waals surface area (Å²) in [7, 11) is 0. The van der Waals surface area contributed by atoms with Crippen molar-refractivity contribution in [3.63, 3.8) is 0 Å². The third kappa shape index (κ3) is 2.22. The van der Waals surface area contributed by atoms with Gasteiger partial charge >= 0.3 is 0 Å². The normalized spacial score (nSPS) is 28.9. The lowest BCUT2D eigenvalue weighted by Gasteiger charge is -2.20. The third-order valence-corrected chi connectivity index (χ3v) is 4.38. The molecular weight excluding hydrogens is 238 g/mol. The van der Waals surface area contributed by atoms with Crippen LogP contribution in [0.3, 0.4) is 0 Å². The van der Waals surface area contributed by atoms with Crippen molar-refractivity contribution in [2.75, 3.05) is 11.9 Å². The lowest BCUT2D eigenvalue weighted by atomic mass is 9.88. The fraction of sp³-hybridized carbons (Fsp3) is 0.733. The maximum Gasteiger partial charge on any atom is 0.136 e. The molecule has 2 bridgehead atoms. The van der Waals surface area contributed by atoms with Crippen molar-refractivity contribution >= 4 is 5.82 Å². The molecule has 1 aromatic heterocycles. The van der Waals surface area contributed by atoms with E-state index in [-0.39, 0.29) is 0 Å². The fourth-order valence-corrected chi connectivity index (χ4v) is 3.34. The molecule has 1 N–H and O–H groups in total. The minimum atomic E-state index is 0.354. The van der Waals surface area contributed by atoms with Gasteiger partial charge in [0, 0.05) is 23.7 Å². The first-order chi connectivity index (χ1) is 9.22. The molecule has 4 nitrogen and oxygen atoms in total. The van der Waals surface area contributed by atoms with Crippen LogP contribution >= 0.6 is 0 Å². The van der Waals surface area contributed by atoms with E-state index in [0.717, 1.165) is 31.0 Å². The lowest BCUT2D eigenvalue weighted by molar-refractivity contribution is 0.0998. The van der Waals surface area contributed by atoms with E-state index >= 15 is 0 Å². The Balaban J connectivity index is 1.94. The van der Waals surface area contributed by atoms with Crippen LogP contribution < -0.4 is 5.32 Å². The van der Waals surface area contributed by atoms with E-state index in [9.17, 15) is 0 Å². The highest BCUT2D eigenvalue weighted by Crippen LogP contribution is 2.43. The molecule has 0 amide bonds. The second kappa shape index (κ2) is 5.08. The fourth-order valence-electron chi connectivity index (χ4n) is 3.34. The van der Waals surface area contributed by atoms with Crippen molar-refractivity contribution in [2.45, 2.75) is 64.6 Å².